The molecule has 0 atom stereocenters. The molecule has 0 spiro atoms. The molecule has 1 aromatic heterocycles. The van der Waals surface area contributed by atoms with Gasteiger partial charge >= 0.3 is 5.97 Å². The SMILES string of the molecule is C#CC#CC#CC#CC.O=C(O)COc1cccc(CN(Cc2ccc(-c3cccnc3)cc2)S(=O)(=O)c2ccccc2)c1. The number of carboxylic acids is 1. The lowest BCUT2D eigenvalue weighted by atomic mass is 10.1. The van der Waals surface area contributed by atoms with Crippen LogP contribution >= 0.6 is 0 Å². The lowest BCUT2D eigenvalue weighted by Crippen LogP contribution is -2.30. The summed E-state index contributed by atoms with van der Waals surface area (Å²) in [4.78, 5) is 15.2. The average molecular weight is 601 g/mol. The van der Waals surface area contributed by atoms with Crippen LogP contribution in [0, 0.1) is 47.9 Å². The number of hydrogen-bond donors (Lipinski definition) is 1. The van der Waals surface area contributed by atoms with Crippen LogP contribution in [0.4, 0.5) is 0 Å². The summed E-state index contributed by atoms with van der Waals surface area (Å²) in [5.41, 5.74) is 3.48. The number of carboxylic acid groups (broad SMARTS) is 1. The summed E-state index contributed by atoms with van der Waals surface area (Å²) in [6.07, 6.45) is 8.31. The van der Waals surface area contributed by atoms with Crippen LogP contribution in [0.1, 0.15) is 18.1 Å². The molecule has 0 bridgehead atoms. The fourth-order valence-electron chi connectivity index (χ4n) is 3.78. The number of aromatic nitrogens is 1. The highest BCUT2D eigenvalue weighted by Crippen LogP contribution is 2.24. The van der Waals surface area contributed by atoms with Crippen LogP contribution in [0.3, 0.4) is 0 Å². The predicted molar refractivity (Wildman–Crippen MR) is 170 cm³/mol. The monoisotopic (exact) mass is 600 g/mol. The molecule has 0 aliphatic carbocycles. The van der Waals surface area contributed by atoms with Gasteiger partial charge in [-0.3, -0.25) is 4.98 Å². The van der Waals surface area contributed by atoms with Gasteiger partial charge in [-0.25, -0.2) is 13.2 Å². The van der Waals surface area contributed by atoms with Crippen LogP contribution in [-0.4, -0.2) is 35.4 Å². The van der Waals surface area contributed by atoms with E-state index in [2.05, 4.69) is 46.4 Å². The van der Waals surface area contributed by atoms with E-state index in [4.69, 9.17) is 16.3 Å². The molecule has 7 nitrogen and oxygen atoms in total. The minimum atomic E-state index is -3.81. The summed E-state index contributed by atoms with van der Waals surface area (Å²) in [6.45, 7) is 1.48. The van der Waals surface area contributed by atoms with Crippen LogP contribution in [0.15, 0.2) is 108 Å². The molecular weight excluding hydrogens is 572 g/mol. The lowest BCUT2D eigenvalue weighted by molar-refractivity contribution is -0.139. The van der Waals surface area contributed by atoms with Crippen molar-refractivity contribution in [3.63, 3.8) is 0 Å². The molecule has 218 valence electrons. The first-order valence-electron chi connectivity index (χ1n) is 13.2. The molecule has 4 rings (SSSR count). The summed E-state index contributed by atoms with van der Waals surface area (Å²) >= 11 is 0. The van der Waals surface area contributed by atoms with Gasteiger partial charge in [0, 0.05) is 25.5 Å². The van der Waals surface area contributed by atoms with Crippen molar-refractivity contribution in [1.29, 1.82) is 0 Å². The normalized spacial score (nSPS) is 9.75. The Morgan fingerprint density at radius 3 is 2.20 bits per heavy atom. The van der Waals surface area contributed by atoms with Gasteiger partial charge in [-0.05, 0) is 95.0 Å². The number of hydrogen-bond acceptors (Lipinski definition) is 5. The Balaban J connectivity index is 0.000000512. The van der Waals surface area contributed by atoms with Crippen molar-refractivity contribution in [2.45, 2.75) is 24.9 Å². The summed E-state index contributed by atoms with van der Waals surface area (Å²) in [5.74, 6) is 16.3. The van der Waals surface area contributed by atoms with Gasteiger partial charge in [-0.1, -0.05) is 66.6 Å². The van der Waals surface area contributed by atoms with E-state index >= 15 is 0 Å². The van der Waals surface area contributed by atoms with Gasteiger partial charge in [-0.15, -0.1) is 6.42 Å². The Labute approximate surface area is 258 Å². The van der Waals surface area contributed by atoms with Crippen molar-refractivity contribution in [3.05, 3.63) is 115 Å². The van der Waals surface area contributed by atoms with E-state index in [1.807, 2.05) is 36.4 Å². The molecule has 1 N–H and O–H groups in total. The largest absolute Gasteiger partial charge is 0.482 e. The van der Waals surface area contributed by atoms with E-state index in [1.165, 1.54) is 4.31 Å². The highest BCUT2D eigenvalue weighted by Gasteiger charge is 2.25. The smallest absolute Gasteiger partial charge is 0.341 e. The Morgan fingerprint density at radius 2 is 1.55 bits per heavy atom. The molecule has 1 heterocycles. The van der Waals surface area contributed by atoms with Crippen LogP contribution in [-0.2, 0) is 27.9 Å². The molecule has 0 unspecified atom stereocenters. The van der Waals surface area contributed by atoms with Gasteiger partial charge in [0.05, 0.1) is 4.90 Å². The molecule has 0 aliphatic rings. The number of pyridine rings is 1. The number of carbonyl (C=O) groups is 1. The van der Waals surface area contributed by atoms with Gasteiger partial charge < -0.3 is 9.84 Å². The third-order valence-electron chi connectivity index (χ3n) is 5.76. The van der Waals surface area contributed by atoms with Crippen molar-refractivity contribution in [2.24, 2.45) is 0 Å². The minimum Gasteiger partial charge on any atom is -0.482 e. The maximum Gasteiger partial charge on any atom is 0.341 e. The first-order chi connectivity index (χ1) is 21.3. The number of benzene rings is 3. The summed E-state index contributed by atoms with van der Waals surface area (Å²) in [7, 11) is -3.81. The first-order valence-corrected chi connectivity index (χ1v) is 14.6. The summed E-state index contributed by atoms with van der Waals surface area (Å²) < 4.78 is 33.7. The lowest BCUT2D eigenvalue weighted by Gasteiger charge is -2.23. The van der Waals surface area contributed by atoms with E-state index < -0.39 is 22.6 Å². The number of nitrogens with zero attached hydrogens (tertiary/aromatic N) is 2. The zero-order valence-electron chi connectivity index (χ0n) is 23.9. The molecule has 3 aromatic carbocycles. The molecule has 4 aromatic rings. The molecule has 0 saturated heterocycles. The standard InChI is InChI=1S/C27H24N2O5S.C9H4/c30-27(31)20-34-25-8-4-6-22(16-25)19-29(35(32,33)26-9-2-1-3-10-26)18-21-11-13-23(14-12-21)24-7-5-15-28-17-24;1-3-5-7-9-8-6-4-2/h1-17H,18-20H2,(H,30,31);1H,2H3. The molecule has 0 radical (unpaired) electrons. The Morgan fingerprint density at radius 1 is 0.841 bits per heavy atom. The van der Waals surface area contributed by atoms with E-state index in [1.54, 1.807) is 73.9 Å². The average Bonchev–Trinajstić information content (AvgIpc) is 3.05. The molecule has 0 saturated carbocycles. The Hall–Kier alpha value is -5.77. The third-order valence-corrected chi connectivity index (χ3v) is 7.56. The van der Waals surface area contributed by atoms with Gasteiger partial charge in [0.2, 0.25) is 10.0 Å². The van der Waals surface area contributed by atoms with Gasteiger partial charge in [-0.2, -0.15) is 4.31 Å². The Kier molecular flexibility index (Phi) is 12.8. The Bertz CT molecular complexity index is 1880. The van der Waals surface area contributed by atoms with Crippen molar-refractivity contribution in [3.8, 4) is 64.7 Å². The van der Waals surface area contributed by atoms with Crippen LogP contribution < -0.4 is 4.74 Å². The van der Waals surface area contributed by atoms with Crippen molar-refractivity contribution in [2.75, 3.05) is 6.61 Å². The maximum atomic E-state index is 13.5. The van der Waals surface area contributed by atoms with Gasteiger partial charge in [0.15, 0.2) is 6.61 Å². The van der Waals surface area contributed by atoms with Gasteiger partial charge in [0.1, 0.15) is 5.75 Å². The van der Waals surface area contributed by atoms with E-state index in [-0.39, 0.29) is 18.0 Å². The van der Waals surface area contributed by atoms with E-state index in [9.17, 15) is 13.2 Å². The molecule has 8 heteroatoms. The first kappa shape index (κ1) is 32.7. The van der Waals surface area contributed by atoms with Crippen LogP contribution in [0.5, 0.6) is 5.75 Å². The van der Waals surface area contributed by atoms with Gasteiger partial charge in [0.25, 0.3) is 0 Å². The maximum absolute atomic E-state index is 13.5. The number of terminal acetylenes is 1. The summed E-state index contributed by atoms with van der Waals surface area (Å²) in [5, 5.41) is 8.86. The predicted octanol–water partition coefficient (Wildman–Crippen LogP) is 5.25. The second-order valence-electron chi connectivity index (χ2n) is 8.87. The fraction of sp³-hybridized carbons (Fsp3) is 0.111. The number of aliphatic carboxylic acids is 1. The number of ether oxygens (including phenoxy) is 1. The molecule has 0 aliphatic heterocycles. The zero-order valence-corrected chi connectivity index (χ0v) is 24.7. The number of rotatable bonds is 10. The van der Waals surface area contributed by atoms with E-state index in [0.29, 0.717) is 11.3 Å². The summed E-state index contributed by atoms with van der Waals surface area (Å²) in [6, 6.07) is 26.6. The third kappa shape index (κ3) is 10.6. The topological polar surface area (TPSA) is 96.8 Å². The molecule has 44 heavy (non-hydrogen) atoms. The fourth-order valence-corrected chi connectivity index (χ4v) is 5.22. The van der Waals surface area contributed by atoms with Crippen LogP contribution in [0.2, 0.25) is 0 Å². The quantitative estimate of drug-likeness (QED) is 0.250. The molecule has 0 fully saturated rings. The second-order valence-corrected chi connectivity index (χ2v) is 10.8. The van der Waals surface area contributed by atoms with Crippen LogP contribution in [0.25, 0.3) is 11.1 Å². The minimum absolute atomic E-state index is 0.0891. The highest BCUT2D eigenvalue weighted by atomic mass is 32.2. The van der Waals surface area contributed by atoms with Crippen molar-refractivity contribution in [1.82, 2.24) is 9.29 Å². The second kappa shape index (κ2) is 17.2. The molecule has 0 amide bonds. The van der Waals surface area contributed by atoms with E-state index in [0.717, 1.165) is 16.7 Å². The molecular formula is C36H28N2O5S. The number of sulfonamides is 1. The van der Waals surface area contributed by atoms with Crippen molar-refractivity contribution < 1.29 is 23.1 Å². The zero-order chi connectivity index (χ0) is 31.6. The van der Waals surface area contributed by atoms with Crippen molar-refractivity contribution >= 4 is 16.0 Å². The highest BCUT2D eigenvalue weighted by molar-refractivity contribution is 7.89.